The Morgan fingerprint density at radius 1 is 1.12 bits per heavy atom. The first-order valence-electron chi connectivity index (χ1n) is 7.98. The van der Waals surface area contributed by atoms with E-state index in [0.29, 0.717) is 21.6 Å². The van der Waals surface area contributed by atoms with E-state index in [9.17, 15) is 9.59 Å². The Balaban J connectivity index is 1.80. The SMILES string of the molecule is CC(=O)OC[C@H]1O[C@H](OCC[Se]c2ccccc2)C=C[C@@H]1OC(C)=O. The summed E-state index contributed by atoms with van der Waals surface area (Å²) in [5.74, 6) is -0.834. The van der Waals surface area contributed by atoms with Gasteiger partial charge in [0.25, 0.3) is 0 Å². The van der Waals surface area contributed by atoms with Crippen molar-refractivity contribution >= 4 is 31.4 Å². The van der Waals surface area contributed by atoms with Gasteiger partial charge in [0.15, 0.2) is 0 Å². The van der Waals surface area contributed by atoms with Crippen molar-refractivity contribution in [2.75, 3.05) is 13.2 Å². The Bertz CT molecular complexity index is 588. The number of carbonyl (C=O) groups is 2. The van der Waals surface area contributed by atoms with E-state index < -0.39 is 30.4 Å². The predicted molar refractivity (Wildman–Crippen MR) is 92.6 cm³/mol. The number of hydrogen-bond acceptors (Lipinski definition) is 6. The molecule has 0 bridgehead atoms. The van der Waals surface area contributed by atoms with Gasteiger partial charge in [0.1, 0.15) is 0 Å². The van der Waals surface area contributed by atoms with Crippen LogP contribution in [-0.2, 0) is 28.5 Å². The number of hydrogen-bond donors (Lipinski definition) is 0. The first kappa shape index (κ1) is 19.7. The Kier molecular flexibility index (Phi) is 8.15. The molecule has 136 valence electrons. The standard InChI is InChI=1S/C18H22O6Se/c1-13(19)22-12-17-16(23-14(2)20)8-9-18(24-17)21-10-11-25-15-6-4-3-5-7-15/h3-9,16-18H,10-12H2,1-2H3/t16-,17+,18-/m0/s1. The number of carbonyl (C=O) groups excluding carboxylic acids is 2. The van der Waals surface area contributed by atoms with Crippen molar-refractivity contribution in [1.82, 2.24) is 0 Å². The van der Waals surface area contributed by atoms with Crippen molar-refractivity contribution in [1.29, 1.82) is 0 Å². The number of rotatable bonds is 8. The van der Waals surface area contributed by atoms with Gasteiger partial charge >= 0.3 is 153 Å². The van der Waals surface area contributed by atoms with Crippen molar-refractivity contribution in [2.45, 2.75) is 37.7 Å². The van der Waals surface area contributed by atoms with Gasteiger partial charge in [0.2, 0.25) is 0 Å². The molecule has 1 heterocycles. The van der Waals surface area contributed by atoms with Crippen LogP contribution in [0.4, 0.5) is 0 Å². The molecule has 6 nitrogen and oxygen atoms in total. The fourth-order valence-electron chi connectivity index (χ4n) is 2.19. The van der Waals surface area contributed by atoms with Crippen LogP contribution in [-0.4, -0.2) is 58.6 Å². The van der Waals surface area contributed by atoms with E-state index in [4.69, 9.17) is 18.9 Å². The molecule has 0 saturated carbocycles. The normalized spacial score (nSPS) is 22.4. The van der Waals surface area contributed by atoms with Gasteiger partial charge in [-0.3, -0.25) is 0 Å². The predicted octanol–water partition coefficient (Wildman–Crippen LogP) is 1.23. The van der Waals surface area contributed by atoms with Gasteiger partial charge in [0.05, 0.1) is 0 Å². The maximum atomic E-state index is 11.2. The van der Waals surface area contributed by atoms with Crippen LogP contribution in [0.15, 0.2) is 42.5 Å². The molecule has 1 aliphatic rings. The Morgan fingerprint density at radius 3 is 2.56 bits per heavy atom. The second-order valence-electron chi connectivity index (χ2n) is 5.34. The van der Waals surface area contributed by atoms with Crippen LogP contribution in [0, 0.1) is 0 Å². The van der Waals surface area contributed by atoms with Gasteiger partial charge in [-0.25, -0.2) is 0 Å². The molecule has 0 saturated heterocycles. The van der Waals surface area contributed by atoms with Crippen LogP contribution in [0.5, 0.6) is 0 Å². The van der Waals surface area contributed by atoms with Crippen molar-refractivity contribution in [3.63, 3.8) is 0 Å². The first-order chi connectivity index (χ1) is 12.0. The van der Waals surface area contributed by atoms with Gasteiger partial charge in [-0.1, -0.05) is 0 Å². The van der Waals surface area contributed by atoms with E-state index >= 15 is 0 Å². The van der Waals surface area contributed by atoms with E-state index in [2.05, 4.69) is 12.1 Å². The van der Waals surface area contributed by atoms with E-state index in [1.54, 1.807) is 12.2 Å². The summed E-state index contributed by atoms with van der Waals surface area (Å²) >= 11 is 0.344. The molecule has 0 amide bonds. The topological polar surface area (TPSA) is 71.1 Å². The second-order valence-corrected chi connectivity index (χ2v) is 7.79. The van der Waals surface area contributed by atoms with Gasteiger partial charge in [-0.05, 0) is 0 Å². The molecule has 0 N–H and O–H groups in total. The molecule has 0 radical (unpaired) electrons. The minimum atomic E-state index is -0.592. The van der Waals surface area contributed by atoms with Crippen LogP contribution in [0.3, 0.4) is 0 Å². The molecule has 1 aromatic carbocycles. The van der Waals surface area contributed by atoms with Crippen LogP contribution >= 0.6 is 0 Å². The minimum absolute atomic E-state index is 0.00539. The zero-order valence-corrected chi connectivity index (χ0v) is 16.0. The van der Waals surface area contributed by atoms with Gasteiger partial charge < -0.3 is 0 Å². The van der Waals surface area contributed by atoms with E-state index in [-0.39, 0.29) is 6.61 Å². The quantitative estimate of drug-likeness (QED) is 0.276. The first-order valence-corrected chi connectivity index (χ1v) is 10.0. The summed E-state index contributed by atoms with van der Waals surface area (Å²) in [6.45, 7) is 3.21. The third-order valence-electron chi connectivity index (χ3n) is 3.26. The number of ether oxygens (including phenoxy) is 4. The monoisotopic (exact) mass is 414 g/mol. The van der Waals surface area contributed by atoms with Gasteiger partial charge in [-0.15, -0.1) is 0 Å². The molecule has 7 heteroatoms. The molecular formula is C18H22O6Se. The van der Waals surface area contributed by atoms with Crippen LogP contribution < -0.4 is 4.46 Å². The molecule has 0 fully saturated rings. The Hall–Kier alpha value is -1.66. The zero-order valence-electron chi connectivity index (χ0n) is 14.3. The number of benzene rings is 1. The van der Waals surface area contributed by atoms with Crippen molar-refractivity contribution < 1.29 is 28.5 Å². The third kappa shape index (κ3) is 7.40. The summed E-state index contributed by atoms with van der Waals surface area (Å²) in [5.41, 5.74) is 0. The Morgan fingerprint density at radius 2 is 1.88 bits per heavy atom. The Labute approximate surface area is 153 Å². The molecule has 25 heavy (non-hydrogen) atoms. The molecule has 0 spiro atoms. The van der Waals surface area contributed by atoms with E-state index in [1.807, 2.05) is 18.2 Å². The maximum absolute atomic E-state index is 11.2. The third-order valence-corrected chi connectivity index (χ3v) is 5.31. The summed E-state index contributed by atoms with van der Waals surface area (Å²) in [7, 11) is 0. The van der Waals surface area contributed by atoms with Crippen LogP contribution in [0.25, 0.3) is 0 Å². The van der Waals surface area contributed by atoms with Crippen molar-refractivity contribution in [3.8, 4) is 0 Å². The summed E-state index contributed by atoms with van der Waals surface area (Å²) in [4.78, 5) is 22.2. The fourth-order valence-corrected chi connectivity index (χ4v) is 3.80. The summed E-state index contributed by atoms with van der Waals surface area (Å²) in [6, 6.07) is 10.3. The fraction of sp³-hybridized carbons (Fsp3) is 0.444. The average molecular weight is 413 g/mol. The van der Waals surface area contributed by atoms with Crippen LogP contribution in [0.2, 0.25) is 5.32 Å². The molecule has 1 aromatic rings. The average Bonchev–Trinajstić information content (AvgIpc) is 2.59. The van der Waals surface area contributed by atoms with Crippen LogP contribution in [0.1, 0.15) is 13.8 Å². The molecule has 3 atom stereocenters. The summed E-state index contributed by atoms with van der Waals surface area (Å²) in [5, 5.41) is 0.923. The van der Waals surface area contributed by atoms with Gasteiger partial charge in [0, 0.05) is 0 Å². The summed E-state index contributed by atoms with van der Waals surface area (Å²) in [6.07, 6.45) is 1.71. The summed E-state index contributed by atoms with van der Waals surface area (Å²) < 4.78 is 22.9. The number of esters is 2. The molecule has 2 rings (SSSR count). The molecular weight excluding hydrogens is 391 g/mol. The molecule has 0 aliphatic carbocycles. The second kappa shape index (κ2) is 10.4. The molecule has 0 aromatic heterocycles. The van der Waals surface area contributed by atoms with Crippen molar-refractivity contribution in [3.05, 3.63) is 42.5 Å². The van der Waals surface area contributed by atoms with Gasteiger partial charge in [-0.2, -0.15) is 0 Å². The molecule has 0 unspecified atom stereocenters. The molecule has 1 aliphatic heterocycles. The van der Waals surface area contributed by atoms with E-state index in [1.165, 1.54) is 18.3 Å². The zero-order chi connectivity index (χ0) is 18.1. The van der Waals surface area contributed by atoms with E-state index in [0.717, 1.165) is 5.32 Å². The van der Waals surface area contributed by atoms with Crippen molar-refractivity contribution in [2.24, 2.45) is 0 Å².